The number of fused-ring (bicyclic) bond motifs is 5. The van der Waals surface area contributed by atoms with Crippen LogP contribution in [0.1, 0.15) is 72.1 Å². The Morgan fingerprint density at radius 1 is 1.16 bits per heavy atom. The summed E-state index contributed by atoms with van der Waals surface area (Å²) in [6.07, 6.45) is 4.51. The number of ketones is 2. The Labute approximate surface area is 215 Å². The van der Waals surface area contributed by atoms with Crippen molar-refractivity contribution >= 4 is 23.5 Å². The number of esters is 1. The molecule has 3 fully saturated rings. The number of halogens is 1. The van der Waals surface area contributed by atoms with Crippen LogP contribution in [0.15, 0.2) is 23.8 Å². The highest BCUT2D eigenvalue weighted by molar-refractivity contribution is 6.01. The third-order valence-electron chi connectivity index (χ3n) is 10.0. The molecule has 4 aliphatic rings. The molecule has 9 heteroatoms. The molecule has 4 rings (SSSR count). The predicted octanol–water partition coefficient (Wildman–Crippen LogP) is 3.09. The number of ether oxygens (including phenoxy) is 1. The Balaban J connectivity index is 1.54. The molecule has 8 nitrogen and oxygen atoms in total. The lowest BCUT2D eigenvalue weighted by Gasteiger charge is -2.62. The minimum absolute atomic E-state index is 0.0377. The van der Waals surface area contributed by atoms with Crippen LogP contribution in [0, 0.1) is 28.6 Å². The number of alkyl halides is 1. The summed E-state index contributed by atoms with van der Waals surface area (Å²) in [7, 11) is 0. The average Bonchev–Trinajstić information content (AvgIpc) is 3.03. The van der Waals surface area contributed by atoms with Crippen molar-refractivity contribution in [1.29, 1.82) is 0 Å². The molecule has 2 unspecified atom stereocenters. The zero-order valence-electron chi connectivity index (χ0n) is 21.7. The number of Topliss-reactive ketones (excluding diaryl/α,β-unsaturated/α-hetero) is 1. The van der Waals surface area contributed by atoms with Crippen LogP contribution < -0.4 is 0 Å². The van der Waals surface area contributed by atoms with Crippen molar-refractivity contribution in [2.24, 2.45) is 28.6 Å². The minimum Gasteiger partial charge on any atom is -0.481 e. The van der Waals surface area contributed by atoms with Gasteiger partial charge in [-0.05, 0) is 69.4 Å². The maximum atomic E-state index is 17.2. The van der Waals surface area contributed by atoms with Crippen molar-refractivity contribution in [2.45, 2.75) is 89.5 Å². The Morgan fingerprint density at radius 2 is 1.84 bits per heavy atom. The van der Waals surface area contributed by atoms with Gasteiger partial charge in [-0.2, -0.15) is 0 Å². The van der Waals surface area contributed by atoms with Gasteiger partial charge >= 0.3 is 11.9 Å². The summed E-state index contributed by atoms with van der Waals surface area (Å²) in [5.74, 6) is -4.07. The Morgan fingerprint density at radius 3 is 2.51 bits per heavy atom. The number of carbonyl (C=O) groups is 4. The summed E-state index contributed by atoms with van der Waals surface area (Å²) in [4.78, 5) is 48.1. The van der Waals surface area contributed by atoms with Gasteiger partial charge < -0.3 is 20.1 Å². The third-order valence-corrected chi connectivity index (χ3v) is 10.0. The molecule has 3 saturated carbocycles. The molecule has 0 saturated heterocycles. The Kier molecular flexibility index (Phi) is 7.03. The topological polar surface area (TPSA) is 138 Å². The van der Waals surface area contributed by atoms with Crippen molar-refractivity contribution < 1.29 is 43.6 Å². The molecule has 4 aliphatic carbocycles. The quantitative estimate of drug-likeness (QED) is 0.328. The predicted molar refractivity (Wildman–Crippen MR) is 130 cm³/mol. The van der Waals surface area contributed by atoms with Gasteiger partial charge in [-0.25, -0.2) is 4.39 Å². The molecular weight excluding hydrogens is 483 g/mol. The maximum absolute atomic E-state index is 17.2. The van der Waals surface area contributed by atoms with E-state index in [1.807, 2.05) is 0 Å². The zero-order chi connectivity index (χ0) is 27.4. The van der Waals surface area contributed by atoms with Crippen LogP contribution in [-0.2, 0) is 23.9 Å². The number of carboxylic acids is 1. The second-order valence-electron chi connectivity index (χ2n) is 11.9. The van der Waals surface area contributed by atoms with E-state index in [0.29, 0.717) is 37.7 Å². The van der Waals surface area contributed by atoms with Gasteiger partial charge in [0.05, 0.1) is 6.10 Å². The van der Waals surface area contributed by atoms with E-state index in [4.69, 9.17) is 9.84 Å². The molecule has 0 bridgehead atoms. The smallest absolute Gasteiger partial charge is 0.306 e. The van der Waals surface area contributed by atoms with Crippen LogP contribution in [0.4, 0.5) is 4.39 Å². The van der Waals surface area contributed by atoms with Crippen molar-refractivity contribution in [2.75, 3.05) is 6.61 Å². The van der Waals surface area contributed by atoms with Crippen molar-refractivity contribution in [3.05, 3.63) is 23.8 Å². The number of unbranched alkanes of at least 4 members (excludes halogenated alkanes) is 1. The first-order valence-electron chi connectivity index (χ1n) is 13.2. The van der Waals surface area contributed by atoms with E-state index in [0.717, 1.165) is 0 Å². The molecule has 0 aromatic carbocycles. The van der Waals surface area contributed by atoms with Gasteiger partial charge in [0.25, 0.3) is 0 Å². The fourth-order valence-corrected chi connectivity index (χ4v) is 8.01. The van der Waals surface area contributed by atoms with E-state index in [9.17, 15) is 29.4 Å². The van der Waals surface area contributed by atoms with Gasteiger partial charge in [0.2, 0.25) is 5.78 Å². The summed E-state index contributed by atoms with van der Waals surface area (Å²) in [5, 5.41) is 31.9. The SMILES string of the molecule is C[C@@H]1CC2C3CCC4=CC(=O)C=C[C@]4(C)[C@@]3(F)[C@@H](O)C[C@]2(C)[C@@]1(O)C(=O)COC(=O)CCCCC(=O)O. The third kappa shape index (κ3) is 4.00. The molecule has 0 aliphatic heterocycles. The van der Waals surface area contributed by atoms with Crippen molar-refractivity contribution in [3.63, 3.8) is 0 Å². The van der Waals surface area contributed by atoms with Gasteiger partial charge in [0.15, 0.2) is 18.1 Å². The monoisotopic (exact) mass is 520 g/mol. The summed E-state index contributed by atoms with van der Waals surface area (Å²) >= 11 is 0. The Hall–Kier alpha value is -2.39. The average molecular weight is 521 g/mol. The van der Waals surface area contributed by atoms with Crippen molar-refractivity contribution in [3.8, 4) is 0 Å². The number of rotatable bonds is 8. The molecule has 0 radical (unpaired) electrons. The van der Waals surface area contributed by atoms with Gasteiger partial charge in [-0.15, -0.1) is 0 Å². The highest BCUT2D eigenvalue weighted by atomic mass is 19.1. The lowest BCUT2D eigenvalue weighted by atomic mass is 9.44. The minimum atomic E-state index is -2.06. The summed E-state index contributed by atoms with van der Waals surface area (Å²) in [5.41, 5.74) is -5.61. The fraction of sp³-hybridized carbons (Fsp3) is 0.714. The molecule has 0 spiro atoms. The Bertz CT molecular complexity index is 1070. The van der Waals surface area contributed by atoms with E-state index in [2.05, 4.69) is 0 Å². The number of hydrogen-bond donors (Lipinski definition) is 3. The summed E-state index contributed by atoms with van der Waals surface area (Å²) < 4.78 is 22.3. The normalized spacial score (nSPS) is 42.3. The number of aliphatic hydroxyl groups is 2. The lowest BCUT2D eigenvalue weighted by Crippen LogP contribution is -2.69. The molecule has 37 heavy (non-hydrogen) atoms. The van der Waals surface area contributed by atoms with E-state index in [-0.39, 0.29) is 25.0 Å². The van der Waals surface area contributed by atoms with Crippen LogP contribution in [0.2, 0.25) is 0 Å². The molecule has 0 aromatic rings. The summed E-state index contributed by atoms with van der Waals surface area (Å²) in [6.45, 7) is 4.53. The second kappa shape index (κ2) is 9.42. The second-order valence-corrected chi connectivity index (χ2v) is 11.9. The van der Waals surface area contributed by atoms with Crippen molar-refractivity contribution in [1.82, 2.24) is 0 Å². The number of aliphatic carboxylic acids is 1. The maximum Gasteiger partial charge on any atom is 0.306 e. The first kappa shape index (κ1) is 27.6. The van der Waals surface area contributed by atoms with E-state index < -0.39 is 70.3 Å². The first-order valence-corrected chi connectivity index (χ1v) is 13.2. The molecule has 8 atom stereocenters. The van der Waals surface area contributed by atoms with E-state index in [1.54, 1.807) is 26.8 Å². The molecule has 0 heterocycles. The van der Waals surface area contributed by atoms with Gasteiger partial charge in [0, 0.05) is 29.6 Å². The van der Waals surface area contributed by atoms with Crippen LogP contribution in [0.25, 0.3) is 0 Å². The number of aliphatic hydroxyl groups excluding tert-OH is 1. The number of allylic oxidation sites excluding steroid dienone is 4. The van der Waals surface area contributed by atoms with Gasteiger partial charge in [-0.1, -0.05) is 25.5 Å². The number of hydrogen-bond acceptors (Lipinski definition) is 7. The molecule has 3 N–H and O–H groups in total. The largest absolute Gasteiger partial charge is 0.481 e. The number of carbonyl (C=O) groups excluding carboxylic acids is 3. The van der Waals surface area contributed by atoms with E-state index in [1.165, 1.54) is 12.2 Å². The zero-order valence-corrected chi connectivity index (χ0v) is 21.7. The van der Waals surface area contributed by atoms with Crippen LogP contribution in [0.3, 0.4) is 0 Å². The van der Waals surface area contributed by atoms with Gasteiger partial charge in [-0.3, -0.25) is 19.2 Å². The molecule has 0 amide bonds. The van der Waals surface area contributed by atoms with E-state index >= 15 is 4.39 Å². The van der Waals surface area contributed by atoms with Crippen LogP contribution in [0.5, 0.6) is 0 Å². The highest BCUT2D eigenvalue weighted by Gasteiger charge is 2.75. The lowest BCUT2D eigenvalue weighted by molar-refractivity contribution is -0.220. The van der Waals surface area contributed by atoms with Crippen LogP contribution >= 0.6 is 0 Å². The van der Waals surface area contributed by atoms with Crippen LogP contribution in [-0.4, -0.2) is 62.8 Å². The first-order chi connectivity index (χ1) is 17.2. The summed E-state index contributed by atoms with van der Waals surface area (Å²) in [6, 6.07) is 0. The standard InChI is InChI=1S/C28H37FO8/c1-16-12-20-19-9-8-17-13-18(30)10-11-25(17,2)27(19,29)21(31)14-26(20,3)28(16,36)22(32)15-37-24(35)7-5-4-6-23(33)34/h10-11,13,16,19-21,31,36H,4-9,12,14-15H2,1-3H3,(H,33,34)/t16-,19?,20?,21+,25+,26+,27+,28+/m1/s1. The van der Waals surface area contributed by atoms with Gasteiger partial charge in [0.1, 0.15) is 5.60 Å². The number of carboxylic acid groups (broad SMARTS) is 1. The molecular formula is C28H37FO8. The molecule has 204 valence electrons. The fourth-order valence-electron chi connectivity index (χ4n) is 8.01. The highest BCUT2D eigenvalue weighted by Crippen LogP contribution is 2.70. The molecule has 0 aromatic heterocycles.